The highest BCUT2D eigenvalue weighted by Gasteiger charge is 2.28. The average Bonchev–Trinajstić information content (AvgIpc) is 2.72. The van der Waals surface area contributed by atoms with Crippen molar-refractivity contribution in [2.75, 3.05) is 18.9 Å². The maximum atomic E-state index is 13.5. The highest BCUT2D eigenvalue weighted by Crippen LogP contribution is 2.29. The smallest absolute Gasteiger partial charge is 0.281 e. The molecule has 0 saturated heterocycles. The lowest BCUT2D eigenvalue weighted by molar-refractivity contribution is -0.0435. The second-order valence-electron chi connectivity index (χ2n) is 7.04. The van der Waals surface area contributed by atoms with Crippen LogP contribution in [0.3, 0.4) is 0 Å². The van der Waals surface area contributed by atoms with E-state index in [1.54, 1.807) is 53.6 Å². The summed E-state index contributed by atoms with van der Waals surface area (Å²) >= 11 is 0. The van der Waals surface area contributed by atoms with Crippen LogP contribution in [0.15, 0.2) is 64.9 Å². The van der Waals surface area contributed by atoms with E-state index >= 15 is 0 Å². The predicted octanol–water partition coefficient (Wildman–Crippen LogP) is 4.10. The van der Waals surface area contributed by atoms with Gasteiger partial charge in [0, 0.05) is 19.2 Å². The van der Waals surface area contributed by atoms with Gasteiger partial charge in [-0.15, -0.1) is 4.40 Å². The fourth-order valence-corrected chi connectivity index (χ4v) is 4.02. The van der Waals surface area contributed by atoms with Crippen LogP contribution < -0.4 is 9.47 Å². The molecule has 0 atom stereocenters. The Kier molecular flexibility index (Phi) is 5.23. The van der Waals surface area contributed by atoms with Crippen molar-refractivity contribution in [3.8, 4) is 11.5 Å². The molecule has 0 saturated carbocycles. The van der Waals surface area contributed by atoms with Crippen molar-refractivity contribution in [2.24, 2.45) is 4.40 Å². The van der Waals surface area contributed by atoms with Crippen molar-refractivity contribution in [2.45, 2.75) is 19.3 Å². The van der Waals surface area contributed by atoms with Crippen molar-refractivity contribution >= 4 is 26.6 Å². The van der Waals surface area contributed by atoms with Crippen LogP contribution in [0, 0.1) is 0 Å². The van der Waals surface area contributed by atoms with Crippen molar-refractivity contribution in [3.63, 3.8) is 0 Å². The third-order valence-corrected chi connectivity index (χ3v) is 5.95. The lowest BCUT2D eigenvalue weighted by atomic mass is 10.1. The second kappa shape index (κ2) is 7.71. The number of halogens is 2. The number of hydrogen-bond acceptors (Lipinski definition) is 5. The van der Waals surface area contributed by atoms with Gasteiger partial charge in [0.1, 0.15) is 11.5 Å². The van der Waals surface area contributed by atoms with Crippen molar-refractivity contribution in [3.05, 3.63) is 60.5 Å². The van der Waals surface area contributed by atoms with Gasteiger partial charge in [-0.3, -0.25) is 0 Å². The molecule has 9 heteroatoms. The first-order valence-electron chi connectivity index (χ1n) is 9.45. The molecule has 6 nitrogen and oxygen atoms in total. The Labute approximate surface area is 173 Å². The van der Waals surface area contributed by atoms with Crippen molar-refractivity contribution < 1.29 is 26.7 Å². The highest BCUT2D eigenvalue weighted by molar-refractivity contribution is 7.90. The maximum absolute atomic E-state index is 13.5. The number of amidine groups is 1. The first-order valence-corrected chi connectivity index (χ1v) is 11.1. The van der Waals surface area contributed by atoms with Gasteiger partial charge in [0.05, 0.1) is 5.75 Å². The number of benzene rings is 2. The zero-order chi connectivity index (χ0) is 21.4. The quantitative estimate of drug-likeness (QED) is 0.685. The number of nitrogens with zero attached hydrogens (tertiary/aromatic N) is 2. The Morgan fingerprint density at radius 1 is 1.13 bits per heavy atom. The first kappa shape index (κ1) is 20.3. The molecule has 30 heavy (non-hydrogen) atoms. The zero-order valence-corrected chi connectivity index (χ0v) is 17.0. The highest BCUT2D eigenvalue weighted by atomic mass is 32.2. The molecule has 0 N–H and O–H groups in total. The standard InChI is InChI=1S/C21H20F2N2O4S/c1-2-21(22,23)14-28-17-7-5-15-6-8-18(13-16(15)12-17)29-19-4-3-9-25-10-11-30(26,27)24-20(19)25/h3-9,12-13H,2,10-11,14H2,1H3. The van der Waals surface area contributed by atoms with Crippen LogP contribution in [0.1, 0.15) is 13.3 Å². The minimum Gasteiger partial charge on any atom is -0.487 e. The van der Waals surface area contributed by atoms with E-state index in [0.29, 0.717) is 23.8 Å². The Hall–Kier alpha value is -2.94. The fourth-order valence-electron chi connectivity index (χ4n) is 3.04. The Morgan fingerprint density at radius 2 is 1.87 bits per heavy atom. The zero-order valence-electron chi connectivity index (χ0n) is 16.2. The molecular weight excluding hydrogens is 414 g/mol. The Morgan fingerprint density at radius 3 is 2.63 bits per heavy atom. The molecular formula is C21H20F2N2O4S. The van der Waals surface area contributed by atoms with Crippen LogP contribution in [0.5, 0.6) is 11.5 Å². The van der Waals surface area contributed by atoms with Crippen LogP contribution in [0.2, 0.25) is 0 Å². The summed E-state index contributed by atoms with van der Waals surface area (Å²) in [5.74, 6) is -1.58. The van der Waals surface area contributed by atoms with Gasteiger partial charge in [-0.25, -0.2) is 17.2 Å². The average molecular weight is 434 g/mol. The van der Waals surface area contributed by atoms with Gasteiger partial charge < -0.3 is 14.4 Å². The third kappa shape index (κ3) is 4.46. The van der Waals surface area contributed by atoms with E-state index in [1.807, 2.05) is 6.07 Å². The van der Waals surface area contributed by atoms with Gasteiger partial charge in [-0.1, -0.05) is 19.1 Å². The summed E-state index contributed by atoms with van der Waals surface area (Å²) in [5.41, 5.74) is 0. The molecule has 2 aromatic rings. The molecule has 2 heterocycles. The normalized spacial score (nSPS) is 17.9. The van der Waals surface area contributed by atoms with Crippen LogP contribution >= 0.6 is 0 Å². The molecule has 158 valence electrons. The molecule has 0 unspecified atom stereocenters. The number of rotatable bonds is 6. The summed E-state index contributed by atoms with van der Waals surface area (Å²) in [4.78, 5) is 1.72. The van der Waals surface area contributed by atoms with E-state index in [0.717, 1.165) is 10.8 Å². The predicted molar refractivity (Wildman–Crippen MR) is 110 cm³/mol. The van der Waals surface area contributed by atoms with E-state index in [1.165, 1.54) is 6.92 Å². The number of sulfonamides is 1. The molecule has 0 spiro atoms. The molecule has 0 fully saturated rings. The van der Waals surface area contributed by atoms with Gasteiger partial charge in [-0.2, -0.15) is 0 Å². The number of hydrogen-bond donors (Lipinski definition) is 0. The topological polar surface area (TPSA) is 68.2 Å². The van der Waals surface area contributed by atoms with Gasteiger partial charge in [0.15, 0.2) is 18.2 Å². The van der Waals surface area contributed by atoms with Crippen molar-refractivity contribution in [1.82, 2.24) is 4.90 Å². The minimum absolute atomic E-state index is 0.0516. The number of alkyl halides is 2. The summed E-state index contributed by atoms with van der Waals surface area (Å²) < 4.78 is 65.7. The Balaban J connectivity index is 1.58. The monoisotopic (exact) mass is 434 g/mol. The summed E-state index contributed by atoms with van der Waals surface area (Å²) in [6, 6.07) is 10.4. The Bertz CT molecular complexity index is 1170. The van der Waals surface area contributed by atoms with E-state index in [2.05, 4.69) is 4.40 Å². The largest absolute Gasteiger partial charge is 0.487 e. The van der Waals surface area contributed by atoms with Gasteiger partial charge >= 0.3 is 0 Å². The van der Waals surface area contributed by atoms with Crippen LogP contribution in [0.4, 0.5) is 8.78 Å². The summed E-state index contributed by atoms with van der Waals surface area (Å²) in [7, 11) is -3.53. The lowest BCUT2D eigenvalue weighted by Gasteiger charge is -2.28. The van der Waals surface area contributed by atoms with Gasteiger partial charge in [0.25, 0.3) is 15.9 Å². The first-order chi connectivity index (χ1) is 14.2. The number of allylic oxidation sites excluding steroid dienone is 2. The minimum atomic E-state index is -3.53. The molecule has 2 aliphatic heterocycles. The molecule has 0 bridgehead atoms. The van der Waals surface area contributed by atoms with Crippen molar-refractivity contribution in [1.29, 1.82) is 0 Å². The molecule has 2 aromatic carbocycles. The SMILES string of the molecule is CCC(F)(F)COc1ccc2ccc(OC3=CC=CN4CCS(=O)(=O)N=C34)cc2c1. The summed E-state index contributed by atoms with van der Waals surface area (Å²) in [6.45, 7) is 1.03. The van der Waals surface area contributed by atoms with E-state index in [-0.39, 0.29) is 18.0 Å². The molecule has 0 aromatic heterocycles. The van der Waals surface area contributed by atoms with Gasteiger partial charge in [-0.05, 0) is 47.2 Å². The van der Waals surface area contributed by atoms with Crippen LogP contribution in [-0.4, -0.2) is 44.0 Å². The molecule has 0 aliphatic carbocycles. The molecule has 2 aliphatic rings. The summed E-state index contributed by atoms with van der Waals surface area (Å²) in [5, 5.41) is 1.63. The fraction of sp³-hybridized carbons (Fsp3) is 0.286. The summed E-state index contributed by atoms with van der Waals surface area (Å²) in [6.07, 6.45) is 4.86. The van der Waals surface area contributed by atoms with E-state index in [4.69, 9.17) is 9.47 Å². The van der Waals surface area contributed by atoms with Gasteiger partial charge in [0.2, 0.25) is 0 Å². The van der Waals surface area contributed by atoms with Crippen LogP contribution in [0.25, 0.3) is 10.8 Å². The van der Waals surface area contributed by atoms with Crippen LogP contribution in [-0.2, 0) is 10.0 Å². The lowest BCUT2D eigenvalue weighted by Crippen LogP contribution is -2.39. The number of fused-ring (bicyclic) bond motifs is 2. The van der Waals surface area contributed by atoms with E-state index in [9.17, 15) is 17.2 Å². The third-order valence-electron chi connectivity index (χ3n) is 4.80. The maximum Gasteiger partial charge on any atom is 0.281 e. The molecule has 0 amide bonds. The molecule has 4 rings (SSSR count). The second-order valence-corrected chi connectivity index (χ2v) is 8.79. The van der Waals surface area contributed by atoms with E-state index < -0.39 is 22.6 Å². The number of ether oxygens (including phenoxy) is 2. The molecule has 0 radical (unpaired) electrons.